The monoisotopic (exact) mass is 456 g/mol. The predicted octanol–water partition coefficient (Wildman–Crippen LogP) is 5.58. The lowest BCUT2D eigenvalue weighted by atomic mass is 10.1. The van der Waals surface area contributed by atoms with Crippen LogP contribution in [0, 0.1) is 0 Å². The van der Waals surface area contributed by atoms with Gasteiger partial charge >= 0.3 is 6.01 Å². The number of imidazole rings is 1. The number of nitrogens with zero attached hydrogens (tertiary/aromatic N) is 3. The summed E-state index contributed by atoms with van der Waals surface area (Å²) < 4.78 is 7.98. The summed E-state index contributed by atoms with van der Waals surface area (Å²) in [5.41, 5.74) is 4.37. The van der Waals surface area contributed by atoms with Gasteiger partial charge in [-0.15, -0.1) is 0 Å². The molecule has 0 fully saturated rings. The van der Waals surface area contributed by atoms with E-state index in [4.69, 9.17) is 21.0 Å². The molecule has 2 aromatic heterocycles. The summed E-state index contributed by atoms with van der Waals surface area (Å²) in [6, 6.07) is 25.4. The summed E-state index contributed by atoms with van der Waals surface area (Å²) in [5.74, 6) is 0.590. The maximum absolute atomic E-state index is 12.5. The van der Waals surface area contributed by atoms with E-state index in [2.05, 4.69) is 10.3 Å². The van der Waals surface area contributed by atoms with Gasteiger partial charge in [0, 0.05) is 30.0 Å². The van der Waals surface area contributed by atoms with Gasteiger partial charge in [-0.1, -0.05) is 66.2 Å². The Hall–Kier alpha value is -3.90. The highest BCUT2D eigenvalue weighted by molar-refractivity contribution is 6.30. The van der Waals surface area contributed by atoms with E-state index in [1.54, 1.807) is 6.33 Å². The fraction of sp³-hybridized carbons (Fsp3) is 0.115. The Morgan fingerprint density at radius 1 is 0.970 bits per heavy atom. The number of halogens is 1. The summed E-state index contributed by atoms with van der Waals surface area (Å²) in [4.78, 5) is 21.7. The summed E-state index contributed by atoms with van der Waals surface area (Å²) >= 11 is 6.07. The molecule has 1 amide bonds. The zero-order valence-corrected chi connectivity index (χ0v) is 18.5. The average Bonchev–Trinajstić information content (AvgIpc) is 3.47. The summed E-state index contributed by atoms with van der Waals surface area (Å²) in [7, 11) is 0. The molecular weight excluding hydrogens is 436 g/mol. The molecule has 2 heterocycles. The Labute approximate surface area is 195 Å². The Balaban J connectivity index is 1.40. The first-order valence-corrected chi connectivity index (χ1v) is 11.0. The molecule has 0 saturated heterocycles. The lowest BCUT2D eigenvalue weighted by Crippen LogP contribution is -2.22. The van der Waals surface area contributed by atoms with Crippen molar-refractivity contribution < 1.29 is 9.21 Å². The molecule has 0 aliphatic carbocycles. The minimum Gasteiger partial charge on any atom is -0.427 e. The molecule has 5 rings (SSSR count). The molecule has 0 aliphatic rings. The lowest BCUT2D eigenvalue weighted by Gasteiger charge is -2.05. The van der Waals surface area contributed by atoms with Crippen LogP contribution in [-0.4, -0.2) is 20.4 Å². The van der Waals surface area contributed by atoms with Crippen molar-refractivity contribution in [3.63, 3.8) is 0 Å². The highest BCUT2D eigenvalue weighted by atomic mass is 35.5. The molecule has 0 atom stereocenters. The summed E-state index contributed by atoms with van der Waals surface area (Å²) in [5, 5.41) is 3.60. The Morgan fingerprint density at radius 3 is 2.55 bits per heavy atom. The van der Waals surface area contributed by atoms with Crippen molar-refractivity contribution in [2.24, 2.45) is 0 Å². The van der Waals surface area contributed by atoms with Crippen molar-refractivity contribution in [3.05, 3.63) is 102 Å². The first-order chi connectivity index (χ1) is 16.2. The van der Waals surface area contributed by atoms with Crippen molar-refractivity contribution in [3.8, 4) is 17.3 Å². The Morgan fingerprint density at radius 2 is 1.73 bits per heavy atom. The van der Waals surface area contributed by atoms with Crippen LogP contribution in [-0.2, 0) is 17.8 Å². The predicted molar refractivity (Wildman–Crippen MR) is 128 cm³/mol. The molecule has 3 aromatic carbocycles. The van der Waals surface area contributed by atoms with E-state index >= 15 is 0 Å². The maximum Gasteiger partial charge on any atom is 0.308 e. The number of hydrogen-bond donors (Lipinski definition) is 1. The molecule has 0 bridgehead atoms. The summed E-state index contributed by atoms with van der Waals surface area (Å²) in [6.45, 7) is 0.492. The fourth-order valence-corrected chi connectivity index (χ4v) is 3.79. The number of aromatic nitrogens is 3. The molecule has 0 unspecified atom stereocenters. The third-order valence-electron chi connectivity index (χ3n) is 5.37. The van der Waals surface area contributed by atoms with Gasteiger partial charge in [-0.25, -0.2) is 4.98 Å². The molecular formula is C26H21ClN4O2. The largest absolute Gasteiger partial charge is 0.427 e. The SMILES string of the molecule is O=C(CCc1oc(-n2cnc3ccccc32)nc1-c1ccc(Cl)cc1)NCc1ccccc1. The van der Waals surface area contributed by atoms with Crippen molar-refractivity contribution in [1.82, 2.24) is 19.9 Å². The van der Waals surface area contributed by atoms with Gasteiger partial charge in [-0.3, -0.25) is 9.36 Å². The number of rotatable bonds is 7. The molecule has 6 nitrogen and oxygen atoms in total. The van der Waals surface area contributed by atoms with E-state index in [-0.39, 0.29) is 12.3 Å². The molecule has 0 aliphatic heterocycles. The van der Waals surface area contributed by atoms with Gasteiger partial charge < -0.3 is 9.73 Å². The van der Waals surface area contributed by atoms with E-state index in [1.807, 2.05) is 83.4 Å². The van der Waals surface area contributed by atoms with Crippen molar-refractivity contribution in [2.45, 2.75) is 19.4 Å². The van der Waals surface area contributed by atoms with Gasteiger partial charge in [-0.2, -0.15) is 4.98 Å². The molecule has 0 saturated carbocycles. The van der Waals surface area contributed by atoms with Gasteiger partial charge in [0.2, 0.25) is 5.91 Å². The molecule has 33 heavy (non-hydrogen) atoms. The van der Waals surface area contributed by atoms with Crippen molar-refractivity contribution >= 4 is 28.5 Å². The molecule has 5 aromatic rings. The number of nitrogens with one attached hydrogen (secondary N) is 1. The minimum atomic E-state index is -0.0491. The van der Waals surface area contributed by atoms with E-state index in [9.17, 15) is 4.79 Å². The number of para-hydroxylation sites is 2. The third-order valence-corrected chi connectivity index (χ3v) is 5.63. The van der Waals surface area contributed by atoms with Crippen LogP contribution in [0.15, 0.2) is 89.6 Å². The molecule has 1 N–H and O–H groups in total. The van der Waals surface area contributed by atoms with E-state index in [1.165, 1.54) is 0 Å². The van der Waals surface area contributed by atoms with Crippen LogP contribution in [0.5, 0.6) is 0 Å². The Kier molecular flexibility index (Phi) is 5.91. The highest BCUT2D eigenvalue weighted by Gasteiger charge is 2.19. The first-order valence-electron chi connectivity index (χ1n) is 10.7. The van der Waals surface area contributed by atoms with Gasteiger partial charge in [-0.05, 0) is 29.8 Å². The first kappa shape index (κ1) is 21.0. The number of fused-ring (bicyclic) bond motifs is 1. The number of aryl methyl sites for hydroxylation is 1. The molecule has 0 spiro atoms. The minimum absolute atomic E-state index is 0.0491. The fourth-order valence-electron chi connectivity index (χ4n) is 3.67. The lowest BCUT2D eigenvalue weighted by molar-refractivity contribution is -0.121. The number of carbonyl (C=O) groups excluding carboxylic acids is 1. The van der Waals surface area contributed by atoms with Crippen LogP contribution in [0.1, 0.15) is 17.7 Å². The highest BCUT2D eigenvalue weighted by Crippen LogP contribution is 2.29. The third kappa shape index (κ3) is 4.66. The number of amides is 1. The van der Waals surface area contributed by atoms with Gasteiger partial charge in [0.15, 0.2) is 0 Å². The van der Waals surface area contributed by atoms with Crippen LogP contribution in [0.2, 0.25) is 5.02 Å². The molecule has 164 valence electrons. The quantitative estimate of drug-likeness (QED) is 0.347. The second kappa shape index (κ2) is 9.30. The van der Waals surface area contributed by atoms with E-state index in [0.717, 1.165) is 22.2 Å². The van der Waals surface area contributed by atoms with E-state index < -0.39 is 0 Å². The smallest absolute Gasteiger partial charge is 0.308 e. The molecule has 7 heteroatoms. The molecule has 0 radical (unpaired) electrons. The standard InChI is InChI=1S/C26H21ClN4O2/c27-20-12-10-19(11-13-20)25-23(14-15-24(32)28-16-18-6-2-1-3-7-18)33-26(30-25)31-17-29-21-8-4-5-9-22(21)31/h1-13,17H,14-16H2,(H,28,32). The normalized spacial score (nSPS) is 11.1. The Bertz CT molecular complexity index is 1390. The zero-order chi connectivity index (χ0) is 22.6. The number of hydrogen-bond acceptors (Lipinski definition) is 4. The van der Waals surface area contributed by atoms with Crippen LogP contribution >= 0.6 is 11.6 Å². The number of oxazole rings is 1. The number of carbonyl (C=O) groups is 1. The van der Waals surface area contributed by atoms with Crippen LogP contribution < -0.4 is 5.32 Å². The van der Waals surface area contributed by atoms with Crippen molar-refractivity contribution in [1.29, 1.82) is 0 Å². The average molecular weight is 457 g/mol. The van der Waals surface area contributed by atoms with Crippen molar-refractivity contribution in [2.75, 3.05) is 0 Å². The maximum atomic E-state index is 12.5. The van der Waals surface area contributed by atoms with Crippen LogP contribution in [0.4, 0.5) is 0 Å². The second-order valence-corrected chi connectivity index (χ2v) is 8.08. The zero-order valence-electron chi connectivity index (χ0n) is 17.7. The topological polar surface area (TPSA) is 73.0 Å². The van der Waals surface area contributed by atoms with E-state index in [0.29, 0.717) is 35.5 Å². The second-order valence-electron chi connectivity index (χ2n) is 7.64. The van der Waals surface area contributed by atoms with Crippen LogP contribution in [0.25, 0.3) is 28.3 Å². The van der Waals surface area contributed by atoms with Gasteiger partial charge in [0.1, 0.15) is 17.8 Å². The number of benzene rings is 3. The van der Waals surface area contributed by atoms with Crippen LogP contribution in [0.3, 0.4) is 0 Å². The van der Waals surface area contributed by atoms with Gasteiger partial charge in [0.05, 0.1) is 11.0 Å². The van der Waals surface area contributed by atoms with Gasteiger partial charge in [0.25, 0.3) is 0 Å². The summed E-state index contributed by atoms with van der Waals surface area (Å²) in [6.07, 6.45) is 2.39.